The molecule has 0 spiro atoms. The molecule has 124 valence electrons. The van der Waals surface area contributed by atoms with Crippen molar-refractivity contribution < 1.29 is 9.53 Å². The summed E-state index contributed by atoms with van der Waals surface area (Å²) in [5.41, 5.74) is 1.90. The van der Waals surface area contributed by atoms with Crippen LogP contribution in [0, 0.1) is 12.3 Å². The Balaban J connectivity index is 1.80. The number of rotatable bonds is 4. The molecule has 1 aliphatic rings. The fraction of sp³-hybridized carbons (Fsp3) is 0.0526. The van der Waals surface area contributed by atoms with E-state index in [9.17, 15) is 4.79 Å². The molecule has 0 radical (unpaired) electrons. The van der Waals surface area contributed by atoms with Crippen molar-refractivity contribution in [3.63, 3.8) is 0 Å². The van der Waals surface area contributed by atoms with Crippen LogP contribution in [0.15, 0.2) is 54.2 Å². The minimum absolute atomic E-state index is 0.213. The summed E-state index contributed by atoms with van der Waals surface area (Å²) in [6.45, 7) is 0.213. The van der Waals surface area contributed by atoms with E-state index in [4.69, 9.17) is 35.0 Å². The molecule has 0 aliphatic carbocycles. The van der Waals surface area contributed by atoms with Crippen molar-refractivity contribution in [2.75, 3.05) is 11.5 Å². The second kappa shape index (κ2) is 7.39. The molecule has 1 N–H and O–H groups in total. The normalized spacial score (nSPS) is 15.2. The van der Waals surface area contributed by atoms with E-state index in [1.54, 1.807) is 42.5 Å². The van der Waals surface area contributed by atoms with Gasteiger partial charge in [0.15, 0.2) is 5.11 Å². The van der Waals surface area contributed by atoms with Crippen LogP contribution in [-0.4, -0.2) is 17.6 Å². The zero-order valence-electron chi connectivity index (χ0n) is 13.0. The van der Waals surface area contributed by atoms with Gasteiger partial charge in [-0.25, -0.2) is 0 Å². The van der Waals surface area contributed by atoms with Crippen LogP contribution in [0.25, 0.3) is 6.08 Å². The fourth-order valence-corrected chi connectivity index (χ4v) is 2.74. The zero-order valence-corrected chi connectivity index (χ0v) is 14.6. The summed E-state index contributed by atoms with van der Waals surface area (Å²) in [6.07, 6.45) is 6.89. The minimum Gasteiger partial charge on any atom is -0.481 e. The Labute approximate surface area is 156 Å². The van der Waals surface area contributed by atoms with Gasteiger partial charge in [0.05, 0.1) is 5.69 Å². The van der Waals surface area contributed by atoms with Gasteiger partial charge in [-0.1, -0.05) is 29.7 Å². The average molecular weight is 369 g/mol. The summed E-state index contributed by atoms with van der Waals surface area (Å²) in [4.78, 5) is 14.1. The fourth-order valence-electron chi connectivity index (χ4n) is 2.31. The van der Waals surface area contributed by atoms with E-state index >= 15 is 0 Å². The van der Waals surface area contributed by atoms with Crippen molar-refractivity contribution in [2.45, 2.75) is 0 Å². The Bertz CT molecular complexity index is 883. The smallest absolute Gasteiger partial charge is 0.281 e. The topological polar surface area (TPSA) is 41.6 Å². The highest BCUT2D eigenvalue weighted by Crippen LogP contribution is 2.24. The largest absolute Gasteiger partial charge is 0.481 e. The van der Waals surface area contributed by atoms with Gasteiger partial charge in [-0.15, -0.1) is 6.42 Å². The maximum Gasteiger partial charge on any atom is 0.281 e. The number of ether oxygens (including phenoxy) is 1. The second-order valence-electron chi connectivity index (χ2n) is 5.17. The standard InChI is InChI=1S/C19H13ClN2O2S/c1-2-11-24-16-9-3-13(4-10-16)12-17-18(23)22(19(25)21-17)15-7-5-14(20)6-8-15/h1,3-10,12H,11H2,(H,21,25). The monoisotopic (exact) mass is 368 g/mol. The molecule has 1 saturated heterocycles. The maximum atomic E-state index is 12.6. The Morgan fingerprint density at radius 3 is 2.52 bits per heavy atom. The predicted octanol–water partition coefficient (Wildman–Crippen LogP) is 3.61. The zero-order chi connectivity index (χ0) is 17.8. The summed E-state index contributed by atoms with van der Waals surface area (Å²) in [7, 11) is 0. The first-order valence-electron chi connectivity index (χ1n) is 7.37. The molecule has 25 heavy (non-hydrogen) atoms. The summed E-state index contributed by atoms with van der Waals surface area (Å²) >= 11 is 11.2. The van der Waals surface area contributed by atoms with Crippen molar-refractivity contribution in [3.8, 4) is 18.1 Å². The number of hydrogen-bond donors (Lipinski definition) is 1. The quantitative estimate of drug-likeness (QED) is 0.508. The van der Waals surface area contributed by atoms with E-state index in [1.807, 2.05) is 12.1 Å². The van der Waals surface area contributed by atoms with Crippen LogP contribution in [0.5, 0.6) is 5.75 Å². The molecular weight excluding hydrogens is 356 g/mol. The maximum absolute atomic E-state index is 12.6. The molecular formula is C19H13ClN2O2S. The van der Waals surface area contributed by atoms with Crippen LogP contribution in [0.1, 0.15) is 5.56 Å². The van der Waals surface area contributed by atoms with Crippen LogP contribution >= 0.6 is 23.8 Å². The molecule has 0 aromatic heterocycles. The molecule has 4 nitrogen and oxygen atoms in total. The SMILES string of the molecule is C#CCOc1ccc(C=C2NC(=S)N(c3ccc(Cl)cc3)C2=O)cc1. The predicted molar refractivity (Wildman–Crippen MR) is 103 cm³/mol. The average Bonchev–Trinajstić information content (AvgIpc) is 2.89. The number of thiocarbonyl (C=S) groups is 1. The van der Waals surface area contributed by atoms with Crippen molar-refractivity contribution >= 4 is 46.6 Å². The van der Waals surface area contributed by atoms with E-state index in [0.29, 0.717) is 27.3 Å². The highest BCUT2D eigenvalue weighted by Gasteiger charge is 2.31. The molecule has 0 unspecified atom stereocenters. The lowest BCUT2D eigenvalue weighted by Gasteiger charge is -2.13. The highest BCUT2D eigenvalue weighted by molar-refractivity contribution is 7.80. The Hall–Kier alpha value is -2.81. The molecule has 1 fully saturated rings. The number of carbonyl (C=O) groups excluding carboxylic acids is 1. The van der Waals surface area contributed by atoms with E-state index in [-0.39, 0.29) is 12.5 Å². The van der Waals surface area contributed by atoms with Crippen LogP contribution in [0.3, 0.4) is 0 Å². The summed E-state index contributed by atoms with van der Waals surface area (Å²) in [5, 5.41) is 3.86. The van der Waals surface area contributed by atoms with Crippen molar-refractivity contribution in [1.29, 1.82) is 0 Å². The molecule has 2 aromatic carbocycles. The molecule has 1 aliphatic heterocycles. The lowest BCUT2D eigenvalue weighted by atomic mass is 10.2. The molecule has 1 amide bonds. The first kappa shape index (κ1) is 17.0. The number of amides is 1. The molecule has 2 aromatic rings. The number of carbonyl (C=O) groups is 1. The van der Waals surface area contributed by atoms with Gasteiger partial charge in [-0.3, -0.25) is 9.69 Å². The van der Waals surface area contributed by atoms with E-state index in [2.05, 4.69) is 11.2 Å². The Kier molecular flexibility index (Phi) is 5.03. The number of benzene rings is 2. The van der Waals surface area contributed by atoms with Crippen molar-refractivity contribution in [3.05, 3.63) is 64.8 Å². The molecule has 1 heterocycles. The lowest BCUT2D eigenvalue weighted by Crippen LogP contribution is -2.30. The Morgan fingerprint density at radius 2 is 1.88 bits per heavy atom. The van der Waals surface area contributed by atoms with Crippen LogP contribution in [0.4, 0.5) is 5.69 Å². The number of terminal acetylenes is 1. The van der Waals surface area contributed by atoms with E-state index in [1.165, 1.54) is 4.90 Å². The number of nitrogens with one attached hydrogen (secondary N) is 1. The third-order valence-electron chi connectivity index (χ3n) is 3.48. The number of halogens is 1. The second-order valence-corrected chi connectivity index (χ2v) is 5.99. The summed E-state index contributed by atoms with van der Waals surface area (Å²) in [6, 6.07) is 14.2. The first-order valence-corrected chi connectivity index (χ1v) is 8.16. The molecule has 0 atom stereocenters. The van der Waals surface area contributed by atoms with Gasteiger partial charge in [-0.2, -0.15) is 0 Å². The summed E-state index contributed by atoms with van der Waals surface area (Å²) < 4.78 is 5.32. The summed E-state index contributed by atoms with van der Waals surface area (Å²) in [5.74, 6) is 2.86. The van der Waals surface area contributed by atoms with Crippen LogP contribution in [-0.2, 0) is 4.79 Å². The molecule has 3 rings (SSSR count). The molecule has 6 heteroatoms. The van der Waals surface area contributed by atoms with Gasteiger partial charge < -0.3 is 10.1 Å². The number of hydrogen-bond acceptors (Lipinski definition) is 3. The van der Waals surface area contributed by atoms with Crippen LogP contribution in [0.2, 0.25) is 5.02 Å². The first-order chi connectivity index (χ1) is 12.1. The minimum atomic E-state index is -0.222. The van der Waals surface area contributed by atoms with E-state index < -0.39 is 0 Å². The van der Waals surface area contributed by atoms with E-state index in [0.717, 1.165) is 5.56 Å². The van der Waals surface area contributed by atoms with Crippen molar-refractivity contribution in [2.24, 2.45) is 0 Å². The van der Waals surface area contributed by atoms with Gasteiger partial charge in [0, 0.05) is 5.02 Å². The van der Waals surface area contributed by atoms with Crippen LogP contribution < -0.4 is 15.0 Å². The lowest BCUT2D eigenvalue weighted by molar-refractivity contribution is -0.113. The highest BCUT2D eigenvalue weighted by atomic mass is 35.5. The van der Waals surface area contributed by atoms with Gasteiger partial charge in [-0.05, 0) is 60.3 Å². The number of nitrogens with zero attached hydrogens (tertiary/aromatic N) is 1. The third-order valence-corrected chi connectivity index (χ3v) is 4.01. The number of anilines is 1. The Morgan fingerprint density at radius 1 is 1.20 bits per heavy atom. The van der Waals surface area contributed by atoms with Gasteiger partial charge in [0.25, 0.3) is 5.91 Å². The van der Waals surface area contributed by atoms with Gasteiger partial charge >= 0.3 is 0 Å². The third kappa shape index (κ3) is 3.82. The van der Waals surface area contributed by atoms with Crippen molar-refractivity contribution in [1.82, 2.24) is 5.32 Å². The molecule has 0 saturated carbocycles. The van der Waals surface area contributed by atoms with Gasteiger partial charge in [0.2, 0.25) is 0 Å². The van der Waals surface area contributed by atoms with Gasteiger partial charge in [0.1, 0.15) is 18.1 Å². The molecule has 0 bridgehead atoms.